The third kappa shape index (κ3) is 5.38. The van der Waals surface area contributed by atoms with E-state index in [-0.39, 0.29) is 23.4 Å². The van der Waals surface area contributed by atoms with Crippen molar-refractivity contribution in [2.24, 2.45) is 0 Å². The fourth-order valence-electron chi connectivity index (χ4n) is 2.65. The van der Waals surface area contributed by atoms with Crippen molar-refractivity contribution < 1.29 is 22.9 Å². The smallest absolute Gasteiger partial charge is 0.348 e. The minimum atomic E-state index is -4.49. The first-order chi connectivity index (χ1) is 14.2. The number of hydrogen-bond donors (Lipinski definition) is 1. The lowest BCUT2D eigenvalue weighted by Gasteiger charge is -2.12. The number of halogens is 3. The van der Waals surface area contributed by atoms with Gasteiger partial charge in [0.15, 0.2) is 0 Å². The van der Waals surface area contributed by atoms with Gasteiger partial charge in [-0.2, -0.15) is 13.2 Å². The van der Waals surface area contributed by atoms with Gasteiger partial charge < -0.3 is 5.32 Å². The van der Waals surface area contributed by atoms with E-state index in [2.05, 4.69) is 5.32 Å². The summed E-state index contributed by atoms with van der Waals surface area (Å²) in [5.74, 6) is -0.616. The lowest BCUT2D eigenvalue weighted by molar-refractivity contribution is -0.384. The quantitative estimate of drug-likeness (QED) is 0.401. The second kappa shape index (κ2) is 9.00. The van der Waals surface area contributed by atoms with Crippen LogP contribution in [0.25, 0.3) is 0 Å². The molecule has 3 aromatic rings. The lowest BCUT2D eigenvalue weighted by Crippen LogP contribution is -2.23. The predicted molar refractivity (Wildman–Crippen MR) is 106 cm³/mol. The zero-order valence-electron chi connectivity index (χ0n) is 15.3. The van der Waals surface area contributed by atoms with Crippen LogP contribution in [0, 0.1) is 10.1 Å². The SMILES string of the molecule is O=C(NCc1cccc(C(F)(F)F)c1)c1cc([N+](=O)[O-])ccc1Sc1ccccc1. The molecule has 0 heterocycles. The van der Waals surface area contributed by atoms with E-state index in [1.165, 1.54) is 36.0 Å². The largest absolute Gasteiger partial charge is 0.416 e. The van der Waals surface area contributed by atoms with Crippen LogP contribution in [0.3, 0.4) is 0 Å². The van der Waals surface area contributed by atoms with Crippen LogP contribution in [0.15, 0.2) is 82.6 Å². The van der Waals surface area contributed by atoms with Crippen LogP contribution in [0.2, 0.25) is 0 Å². The molecule has 30 heavy (non-hydrogen) atoms. The number of benzene rings is 3. The first kappa shape index (κ1) is 21.4. The molecular formula is C21H15F3N2O3S. The second-order valence-electron chi connectivity index (χ2n) is 6.23. The highest BCUT2D eigenvalue weighted by molar-refractivity contribution is 7.99. The van der Waals surface area contributed by atoms with Gasteiger partial charge in [0.25, 0.3) is 11.6 Å². The molecule has 0 unspecified atom stereocenters. The van der Waals surface area contributed by atoms with Crippen molar-refractivity contribution in [1.82, 2.24) is 5.32 Å². The molecule has 0 saturated carbocycles. The summed E-state index contributed by atoms with van der Waals surface area (Å²) >= 11 is 1.26. The number of rotatable bonds is 6. The Kier molecular flexibility index (Phi) is 6.41. The van der Waals surface area contributed by atoms with Gasteiger partial charge in [-0.15, -0.1) is 0 Å². The summed E-state index contributed by atoms with van der Waals surface area (Å²) in [5.41, 5.74) is -0.729. The van der Waals surface area contributed by atoms with Gasteiger partial charge in [0.1, 0.15) is 0 Å². The Bertz CT molecular complexity index is 1070. The first-order valence-corrected chi connectivity index (χ1v) is 9.51. The first-order valence-electron chi connectivity index (χ1n) is 8.70. The van der Waals surface area contributed by atoms with E-state index in [1.54, 1.807) is 0 Å². The Morgan fingerprint density at radius 3 is 2.40 bits per heavy atom. The van der Waals surface area contributed by atoms with Gasteiger partial charge in [-0.1, -0.05) is 42.1 Å². The Hall–Kier alpha value is -3.33. The molecule has 0 aromatic heterocycles. The molecular weight excluding hydrogens is 417 g/mol. The van der Waals surface area contributed by atoms with E-state index in [9.17, 15) is 28.1 Å². The van der Waals surface area contributed by atoms with Gasteiger partial charge in [-0.05, 0) is 35.9 Å². The summed E-state index contributed by atoms with van der Waals surface area (Å²) in [6.07, 6.45) is -4.49. The van der Waals surface area contributed by atoms with Crippen LogP contribution in [0.1, 0.15) is 21.5 Å². The molecule has 3 rings (SSSR count). The molecule has 0 aliphatic carbocycles. The Morgan fingerprint density at radius 2 is 1.73 bits per heavy atom. The topological polar surface area (TPSA) is 72.2 Å². The van der Waals surface area contributed by atoms with Gasteiger partial charge in [-0.3, -0.25) is 14.9 Å². The second-order valence-corrected chi connectivity index (χ2v) is 7.35. The number of carbonyl (C=O) groups excluding carboxylic acids is 1. The van der Waals surface area contributed by atoms with Crippen LogP contribution in [0.5, 0.6) is 0 Å². The van der Waals surface area contributed by atoms with E-state index < -0.39 is 22.6 Å². The summed E-state index contributed by atoms with van der Waals surface area (Å²) in [6, 6.07) is 17.7. The van der Waals surface area contributed by atoms with Crippen molar-refractivity contribution in [3.63, 3.8) is 0 Å². The van der Waals surface area contributed by atoms with E-state index in [0.29, 0.717) is 4.90 Å². The van der Waals surface area contributed by atoms with Gasteiger partial charge in [0, 0.05) is 28.5 Å². The third-order valence-electron chi connectivity index (χ3n) is 4.10. The Morgan fingerprint density at radius 1 is 1.00 bits per heavy atom. The predicted octanol–water partition coefficient (Wildman–Crippen LogP) is 5.69. The molecule has 0 atom stereocenters. The van der Waals surface area contributed by atoms with Crippen molar-refractivity contribution in [3.8, 4) is 0 Å². The fourth-order valence-corrected chi connectivity index (χ4v) is 3.59. The summed E-state index contributed by atoms with van der Waals surface area (Å²) in [7, 11) is 0. The molecule has 0 spiro atoms. The van der Waals surface area contributed by atoms with Crippen LogP contribution in [-0.4, -0.2) is 10.8 Å². The molecule has 0 bridgehead atoms. The van der Waals surface area contributed by atoms with Crippen molar-refractivity contribution in [2.75, 3.05) is 0 Å². The van der Waals surface area contributed by atoms with Gasteiger partial charge in [-0.25, -0.2) is 0 Å². The molecule has 1 N–H and O–H groups in total. The molecule has 1 amide bonds. The lowest BCUT2D eigenvalue weighted by atomic mass is 10.1. The monoisotopic (exact) mass is 432 g/mol. The number of nitro groups is 1. The van der Waals surface area contributed by atoms with Crippen LogP contribution in [-0.2, 0) is 12.7 Å². The number of nitrogens with one attached hydrogen (secondary N) is 1. The summed E-state index contributed by atoms with van der Waals surface area (Å²) in [5, 5.41) is 13.7. The van der Waals surface area contributed by atoms with E-state index >= 15 is 0 Å². The van der Waals surface area contributed by atoms with Crippen molar-refractivity contribution >= 4 is 23.4 Å². The maximum Gasteiger partial charge on any atom is 0.416 e. The zero-order valence-corrected chi connectivity index (χ0v) is 16.2. The van der Waals surface area contributed by atoms with E-state index in [0.717, 1.165) is 23.1 Å². The highest BCUT2D eigenvalue weighted by atomic mass is 32.2. The van der Waals surface area contributed by atoms with Crippen molar-refractivity contribution in [3.05, 3.63) is 99.6 Å². The van der Waals surface area contributed by atoms with Crippen molar-refractivity contribution in [1.29, 1.82) is 0 Å². The third-order valence-corrected chi connectivity index (χ3v) is 5.18. The molecule has 0 fully saturated rings. The molecule has 5 nitrogen and oxygen atoms in total. The molecule has 9 heteroatoms. The summed E-state index contributed by atoms with van der Waals surface area (Å²) < 4.78 is 38.6. The molecule has 0 radical (unpaired) electrons. The minimum absolute atomic E-state index is 0.0741. The van der Waals surface area contributed by atoms with Crippen molar-refractivity contribution in [2.45, 2.75) is 22.5 Å². The summed E-state index contributed by atoms with van der Waals surface area (Å²) in [6.45, 7) is -0.152. The van der Waals surface area contributed by atoms with E-state index in [4.69, 9.17) is 0 Å². The number of alkyl halides is 3. The molecule has 0 aliphatic heterocycles. The van der Waals surface area contributed by atoms with Crippen LogP contribution < -0.4 is 5.32 Å². The number of non-ortho nitro benzene ring substituents is 1. The average molecular weight is 432 g/mol. The molecule has 154 valence electrons. The number of carbonyl (C=O) groups is 1. The van der Waals surface area contributed by atoms with Gasteiger partial charge >= 0.3 is 6.18 Å². The van der Waals surface area contributed by atoms with Crippen LogP contribution >= 0.6 is 11.8 Å². The van der Waals surface area contributed by atoms with Gasteiger partial charge in [0.2, 0.25) is 0 Å². The zero-order chi connectivity index (χ0) is 21.7. The van der Waals surface area contributed by atoms with Crippen LogP contribution in [0.4, 0.5) is 18.9 Å². The average Bonchev–Trinajstić information content (AvgIpc) is 2.72. The normalized spacial score (nSPS) is 11.2. The highest BCUT2D eigenvalue weighted by Gasteiger charge is 2.30. The standard InChI is InChI=1S/C21H15F3N2O3S/c22-21(23,24)15-6-4-5-14(11-15)13-25-20(27)18-12-16(26(28)29)9-10-19(18)30-17-7-2-1-3-8-17/h1-12H,13H2,(H,25,27). The van der Waals surface area contributed by atoms with E-state index in [1.807, 2.05) is 30.3 Å². The maximum atomic E-state index is 12.9. The number of hydrogen-bond acceptors (Lipinski definition) is 4. The summed E-state index contributed by atoms with van der Waals surface area (Å²) in [4.78, 5) is 24.5. The molecule has 0 saturated heterocycles. The molecule has 3 aromatic carbocycles. The Balaban J connectivity index is 1.83. The Labute approximate surface area is 174 Å². The number of amides is 1. The number of nitrogens with zero attached hydrogens (tertiary/aromatic N) is 1. The minimum Gasteiger partial charge on any atom is -0.348 e. The fraction of sp³-hybridized carbons (Fsp3) is 0.0952. The highest BCUT2D eigenvalue weighted by Crippen LogP contribution is 2.33. The molecule has 0 aliphatic rings. The maximum absolute atomic E-state index is 12.9. The number of nitro benzene ring substituents is 1. The van der Waals surface area contributed by atoms with Gasteiger partial charge in [0.05, 0.1) is 16.1 Å².